The van der Waals surface area contributed by atoms with Crippen molar-refractivity contribution < 1.29 is 22.4 Å². The van der Waals surface area contributed by atoms with Gasteiger partial charge in [0.25, 0.3) is 5.22 Å². The first-order valence-corrected chi connectivity index (χ1v) is 12.8. The van der Waals surface area contributed by atoms with E-state index >= 15 is 0 Å². The predicted octanol–water partition coefficient (Wildman–Crippen LogP) is 2.73. The lowest BCUT2D eigenvalue weighted by Gasteiger charge is -2.26. The fraction of sp³-hybridized carbons (Fsp3) is 0.318. The number of nitrogens with zero attached hydrogens (tertiary/aromatic N) is 3. The molecule has 174 valence electrons. The molecule has 0 bridgehead atoms. The van der Waals surface area contributed by atoms with Crippen LogP contribution in [0.1, 0.15) is 18.5 Å². The first-order chi connectivity index (χ1) is 15.9. The van der Waals surface area contributed by atoms with Gasteiger partial charge in [0.15, 0.2) is 0 Å². The second-order valence-corrected chi connectivity index (χ2v) is 10.3. The maximum Gasteiger partial charge on any atom is 0.277 e. The van der Waals surface area contributed by atoms with Gasteiger partial charge in [-0.3, -0.25) is 4.79 Å². The summed E-state index contributed by atoms with van der Waals surface area (Å²) in [5.74, 6) is 0.147. The minimum atomic E-state index is -3.64. The van der Waals surface area contributed by atoms with E-state index in [1.807, 2.05) is 37.3 Å². The highest BCUT2D eigenvalue weighted by Gasteiger charge is 2.27. The van der Waals surface area contributed by atoms with Crippen LogP contribution in [0.2, 0.25) is 0 Å². The van der Waals surface area contributed by atoms with Crippen LogP contribution < -0.4 is 5.32 Å². The van der Waals surface area contributed by atoms with Gasteiger partial charge in [-0.2, -0.15) is 4.31 Å². The van der Waals surface area contributed by atoms with E-state index in [0.717, 1.165) is 17.3 Å². The molecular formula is C22H24N4O5S2. The summed E-state index contributed by atoms with van der Waals surface area (Å²) in [6.07, 6.45) is 0. The molecule has 0 aliphatic carbocycles. The number of rotatable bonds is 8. The van der Waals surface area contributed by atoms with Crippen LogP contribution in [0.3, 0.4) is 0 Å². The standard InChI is InChI=1S/C22H24N4O5S2/c1-16(17-6-3-2-4-7-17)23-20(27)15-32-22-25-24-21(31-22)18-8-5-9-19(14-18)33(28,29)26-10-12-30-13-11-26/h2-9,14,16H,10-13,15H2,1H3,(H,23,27)/t16-/m1/s1. The number of carbonyl (C=O) groups excluding carboxylic acids is 1. The molecule has 0 saturated carbocycles. The van der Waals surface area contributed by atoms with Crippen molar-refractivity contribution in [1.82, 2.24) is 19.8 Å². The summed E-state index contributed by atoms with van der Waals surface area (Å²) < 4.78 is 38.1. The van der Waals surface area contributed by atoms with Gasteiger partial charge in [0, 0.05) is 18.7 Å². The lowest BCUT2D eigenvalue weighted by molar-refractivity contribution is -0.119. The van der Waals surface area contributed by atoms with Gasteiger partial charge in [-0.25, -0.2) is 8.42 Å². The third-order valence-corrected chi connectivity index (χ3v) is 7.81. The summed E-state index contributed by atoms with van der Waals surface area (Å²) in [7, 11) is -3.64. The number of nitrogens with one attached hydrogen (secondary N) is 1. The molecule has 1 aromatic heterocycles. The van der Waals surface area contributed by atoms with Crippen LogP contribution >= 0.6 is 11.8 Å². The molecular weight excluding hydrogens is 464 g/mol. The quantitative estimate of drug-likeness (QED) is 0.482. The minimum Gasteiger partial charge on any atom is -0.411 e. The van der Waals surface area contributed by atoms with Gasteiger partial charge in [-0.15, -0.1) is 10.2 Å². The molecule has 11 heteroatoms. The molecule has 33 heavy (non-hydrogen) atoms. The van der Waals surface area contributed by atoms with Crippen LogP contribution in [0.25, 0.3) is 11.5 Å². The molecule has 0 radical (unpaired) electrons. The number of ether oxygens (including phenoxy) is 1. The second kappa shape index (κ2) is 10.5. The molecule has 1 saturated heterocycles. The summed E-state index contributed by atoms with van der Waals surface area (Å²) in [6, 6.07) is 16.0. The number of thioether (sulfide) groups is 1. The molecule has 3 aromatic rings. The van der Waals surface area contributed by atoms with Crippen LogP contribution in [0, 0.1) is 0 Å². The number of benzene rings is 2. The highest BCUT2D eigenvalue weighted by atomic mass is 32.2. The third-order valence-electron chi connectivity index (χ3n) is 5.10. The van der Waals surface area contributed by atoms with Crippen molar-refractivity contribution in [2.45, 2.75) is 23.1 Å². The first kappa shape index (κ1) is 23.4. The zero-order valence-electron chi connectivity index (χ0n) is 18.0. The number of sulfonamides is 1. The lowest BCUT2D eigenvalue weighted by atomic mass is 10.1. The number of amides is 1. The Morgan fingerprint density at radius 1 is 1.12 bits per heavy atom. The van der Waals surface area contributed by atoms with Crippen molar-refractivity contribution in [3.63, 3.8) is 0 Å². The maximum atomic E-state index is 12.9. The molecule has 1 aliphatic rings. The van der Waals surface area contributed by atoms with Gasteiger partial charge >= 0.3 is 0 Å². The fourth-order valence-electron chi connectivity index (χ4n) is 3.35. The predicted molar refractivity (Wildman–Crippen MR) is 123 cm³/mol. The van der Waals surface area contributed by atoms with Gasteiger partial charge in [0.1, 0.15) is 0 Å². The Bertz CT molecular complexity index is 1190. The molecule has 1 aliphatic heterocycles. The van der Waals surface area contributed by atoms with E-state index in [9.17, 15) is 13.2 Å². The average Bonchev–Trinajstić information content (AvgIpc) is 3.33. The van der Waals surface area contributed by atoms with Crippen LogP contribution in [-0.4, -0.2) is 60.9 Å². The van der Waals surface area contributed by atoms with Crippen molar-refractivity contribution >= 4 is 27.7 Å². The molecule has 1 fully saturated rings. The smallest absolute Gasteiger partial charge is 0.277 e. The Morgan fingerprint density at radius 3 is 2.64 bits per heavy atom. The summed E-state index contributed by atoms with van der Waals surface area (Å²) in [4.78, 5) is 12.4. The van der Waals surface area contributed by atoms with E-state index < -0.39 is 10.0 Å². The molecule has 2 aromatic carbocycles. The van der Waals surface area contributed by atoms with E-state index in [1.54, 1.807) is 18.2 Å². The number of aromatic nitrogens is 2. The average molecular weight is 489 g/mol. The summed E-state index contributed by atoms with van der Waals surface area (Å²) in [6.45, 7) is 3.31. The Balaban J connectivity index is 1.38. The van der Waals surface area contributed by atoms with Crippen molar-refractivity contribution in [2.75, 3.05) is 32.1 Å². The number of carbonyl (C=O) groups is 1. The molecule has 0 spiro atoms. The zero-order chi connectivity index (χ0) is 23.3. The summed E-state index contributed by atoms with van der Waals surface area (Å²) in [5.41, 5.74) is 1.51. The Kier molecular flexibility index (Phi) is 7.43. The lowest BCUT2D eigenvalue weighted by Crippen LogP contribution is -2.40. The normalized spacial score (nSPS) is 15.8. The molecule has 1 amide bonds. The summed E-state index contributed by atoms with van der Waals surface area (Å²) >= 11 is 1.12. The summed E-state index contributed by atoms with van der Waals surface area (Å²) in [5, 5.41) is 11.1. The van der Waals surface area contributed by atoms with Crippen LogP contribution in [0.4, 0.5) is 0 Å². The Morgan fingerprint density at radius 2 is 1.88 bits per heavy atom. The van der Waals surface area contributed by atoms with Crippen molar-refractivity contribution in [2.24, 2.45) is 0 Å². The van der Waals surface area contributed by atoms with E-state index in [2.05, 4.69) is 15.5 Å². The van der Waals surface area contributed by atoms with E-state index in [4.69, 9.17) is 9.15 Å². The van der Waals surface area contributed by atoms with Crippen molar-refractivity contribution in [3.05, 3.63) is 60.2 Å². The zero-order valence-corrected chi connectivity index (χ0v) is 19.6. The van der Waals surface area contributed by atoms with Gasteiger partial charge in [0.2, 0.25) is 21.8 Å². The van der Waals surface area contributed by atoms with Gasteiger partial charge in [-0.05, 0) is 30.7 Å². The van der Waals surface area contributed by atoms with Crippen LogP contribution in [-0.2, 0) is 19.6 Å². The SMILES string of the molecule is C[C@@H](NC(=O)CSc1nnc(-c2cccc(S(=O)(=O)N3CCOCC3)c2)o1)c1ccccc1. The molecule has 1 atom stereocenters. The van der Waals surface area contributed by atoms with E-state index in [0.29, 0.717) is 31.9 Å². The van der Waals surface area contributed by atoms with Crippen molar-refractivity contribution in [1.29, 1.82) is 0 Å². The van der Waals surface area contributed by atoms with Gasteiger partial charge < -0.3 is 14.5 Å². The number of morpholine rings is 1. The number of hydrogen-bond acceptors (Lipinski definition) is 8. The second-order valence-electron chi connectivity index (χ2n) is 7.41. The van der Waals surface area contributed by atoms with Crippen LogP contribution in [0.15, 0.2) is 69.1 Å². The van der Waals surface area contributed by atoms with E-state index in [1.165, 1.54) is 10.4 Å². The monoisotopic (exact) mass is 488 g/mol. The molecule has 2 heterocycles. The van der Waals surface area contributed by atoms with Crippen molar-refractivity contribution in [3.8, 4) is 11.5 Å². The topological polar surface area (TPSA) is 115 Å². The van der Waals surface area contributed by atoms with Gasteiger partial charge in [0.05, 0.1) is 29.9 Å². The molecule has 4 rings (SSSR count). The highest BCUT2D eigenvalue weighted by Crippen LogP contribution is 2.26. The van der Waals surface area contributed by atoms with Gasteiger partial charge in [-0.1, -0.05) is 48.2 Å². The number of hydrogen-bond donors (Lipinski definition) is 1. The molecule has 0 unspecified atom stereocenters. The first-order valence-electron chi connectivity index (χ1n) is 10.4. The molecule has 9 nitrogen and oxygen atoms in total. The Labute approximate surface area is 196 Å². The van der Waals surface area contributed by atoms with E-state index in [-0.39, 0.29) is 33.7 Å². The molecule has 1 N–H and O–H groups in total. The maximum absolute atomic E-state index is 12.9. The third kappa shape index (κ3) is 5.80. The van der Waals surface area contributed by atoms with Crippen LogP contribution in [0.5, 0.6) is 0 Å². The largest absolute Gasteiger partial charge is 0.411 e. The fourth-order valence-corrected chi connectivity index (χ4v) is 5.37. The Hall–Kier alpha value is -2.73. The minimum absolute atomic E-state index is 0.115. The highest BCUT2D eigenvalue weighted by molar-refractivity contribution is 7.99.